The van der Waals surface area contributed by atoms with Crippen LogP contribution in [0.15, 0.2) is 46.9 Å². The van der Waals surface area contributed by atoms with Crippen LogP contribution in [0, 0.1) is 0 Å². The molecule has 0 spiro atoms. The number of anilines is 2. The summed E-state index contributed by atoms with van der Waals surface area (Å²) >= 11 is 3.54. The van der Waals surface area contributed by atoms with Gasteiger partial charge in [0.2, 0.25) is 0 Å². The summed E-state index contributed by atoms with van der Waals surface area (Å²) < 4.78 is 6.55. The molecule has 1 heterocycles. The second-order valence-corrected chi connectivity index (χ2v) is 5.74. The van der Waals surface area contributed by atoms with E-state index < -0.39 is 0 Å². The van der Waals surface area contributed by atoms with Gasteiger partial charge in [0.15, 0.2) is 0 Å². The highest BCUT2D eigenvalue weighted by Gasteiger charge is 2.17. The highest BCUT2D eigenvalue weighted by atomic mass is 79.9. The molecule has 2 aromatic rings. The van der Waals surface area contributed by atoms with Crippen LogP contribution in [0.4, 0.5) is 11.4 Å². The van der Waals surface area contributed by atoms with Crippen LogP contribution in [0.25, 0.3) is 0 Å². The predicted octanol–water partition coefficient (Wildman–Crippen LogP) is 3.89. The third-order valence-corrected chi connectivity index (χ3v) is 4.04. The van der Waals surface area contributed by atoms with Crippen molar-refractivity contribution >= 4 is 27.3 Å². The van der Waals surface area contributed by atoms with Gasteiger partial charge in [0.05, 0.1) is 18.5 Å². The van der Waals surface area contributed by atoms with Crippen LogP contribution in [-0.4, -0.2) is 20.2 Å². The number of rotatable bonds is 3. The normalized spacial score (nSPS) is 13.6. The molecule has 0 fully saturated rings. The highest BCUT2D eigenvalue weighted by molar-refractivity contribution is 9.10. The van der Waals surface area contributed by atoms with Crippen LogP contribution >= 0.6 is 15.9 Å². The van der Waals surface area contributed by atoms with Crippen molar-refractivity contribution in [2.75, 3.05) is 30.4 Å². The summed E-state index contributed by atoms with van der Waals surface area (Å²) in [5.41, 5.74) is 3.65. The maximum atomic E-state index is 5.47. The zero-order valence-electron chi connectivity index (χ0n) is 11.4. The lowest BCUT2D eigenvalue weighted by molar-refractivity contribution is 0.409. The molecule has 0 aromatic heterocycles. The number of hydrogen-bond acceptors (Lipinski definition) is 3. The Kier molecular flexibility index (Phi) is 3.83. The van der Waals surface area contributed by atoms with Gasteiger partial charge in [-0.05, 0) is 30.3 Å². The van der Waals surface area contributed by atoms with E-state index in [2.05, 4.69) is 56.5 Å². The first-order chi connectivity index (χ1) is 9.78. The smallest absolute Gasteiger partial charge is 0.123 e. The molecule has 1 N–H and O–H groups in total. The van der Waals surface area contributed by atoms with Crippen molar-refractivity contribution in [3.05, 3.63) is 52.5 Å². The second-order valence-electron chi connectivity index (χ2n) is 4.82. The number of halogens is 1. The maximum Gasteiger partial charge on any atom is 0.123 e. The fraction of sp³-hybridized carbons (Fsp3) is 0.250. The van der Waals surface area contributed by atoms with E-state index >= 15 is 0 Å². The largest absolute Gasteiger partial charge is 0.496 e. The Bertz CT molecular complexity index is 615. The third kappa shape index (κ3) is 2.61. The molecule has 3 nitrogen and oxygen atoms in total. The molecule has 4 heteroatoms. The van der Waals surface area contributed by atoms with E-state index in [1.165, 1.54) is 16.9 Å². The number of para-hydroxylation sites is 2. The van der Waals surface area contributed by atoms with Crippen LogP contribution in [0.2, 0.25) is 0 Å². The lowest BCUT2D eigenvalue weighted by Gasteiger charge is -2.32. The van der Waals surface area contributed by atoms with E-state index in [-0.39, 0.29) is 0 Å². The Labute approximate surface area is 127 Å². The SMILES string of the molecule is COc1ccc(Br)cc1CN1CCNc2ccccc21. The van der Waals surface area contributed by atoms with Gasteiger partial charge in [-0.25, -0.2) is 0 Å². The monoisotopic (exact) mass is 332 g/mol. The Hall–Kier alpha value is -1.68. The van der Waals surface area contributed by atoms with Crippen molar-refractivity contribution in [2.45, 2.75) is 6.54 Å². The van der Waals surface area contributed by atoms with Gasteiger partial charge < -0.3 is 15.0 Å². The summed E-state index contributed by atoms with van der Waals surface area (Å²) in [6.45, 7) is 2.81. The standard InChI is InChI=1S/C16H17BrN2O/c1-20-16-7-6-13(17)10-12(16)11-19-9-8-18-14-4-2-3-5-15(14)19/h2-7,10,18H,8-9,11H2,1H3. The molecule has 0 saturated heterocycles. The van der Waals surface area contributed by atoms with Crippen LogP contribution in [-0.2, 0) is 6.54 Å². The first-order valence-corrected chi connectivity index (χ1v) is 7.47. The Balaban J connectivity index is 1.91. The molecular weight excluding hydrogens is 316 g/mol. The van der Waals surface area contributed by atoms with Crippen LogP contribution in [0.1, 0.15) is 5.56 Å². The Morgan fingerprint density at radius 3 is 2.95 bits per heavy atom. The molecule has 1 aliphatic heterocycles. The fourth-order valence-corrected chi connectivity index (χ4v) is 2.99. The number of nitrogens with zero attached hydrogens (tertiary/aromatic N) is 1. The molecule has 104 valence electrons. The minimum Gasteiger partial charge on any atom is -0.496 e. The van der Waals surface area contributed by atoms with Crippen molar-refractivity contribution in [3.63, 3.8) is 0 Å². The molecule has 0 atom stereocenters. The Morgan fingerprint density at radius 2 is 2.10 bits per heavy atom. The van der Waals surface area contributed by atoms with E-state index in [9.17, 15) is 0 Å². The van der Waals surface area contributed by atoms with Gasteiger partial charge in [0, 0.05) is 29.7 Å². The molecule has 0 saturated carbocycles. The Morgan fingerprint density at radius 1 is 1.25 bits per heavy atom. The van der Waals surface area contributed by atoms with E-state index in [0.29, 0.717) is 0 Å². The first kappa shape index (κ1) is 13.3. The zero-order chi connectivity index (χ0) is 13.9. The van der Waals surface area contributed by atoms with Gasteiger partial charge in [-0.3, -0.25) is 0 Å². The molecule has 0 amide bonds. The number of ether oxygens (including phenoxy) is 1. The number of methoxy groups -OCH3 is 1. The lowest BCUT2D eigenvalue weighted by atomic mass is 10.1. The highest BCUT2D eigenvalue weighted by Crippen LogP contribution is 2.32. The third-order valence-electron chi connectivity index (χ3n) is 3.55. The summed E-state index contributed by atoms with van der Waals surface area (Å²) in [4.78, 5) is 2.39. The first-order valence-electron chi connectivity index (χ1n) is 6.68. The van der Waals surface area contributed by atoms with Crippen molar-refractivity contribution in [2.24, 2.45) is 0 Å². The van der Waals surface area contributed by atoms with E-state index in [1.54, 1.807) is 7.11 Å². The average molecular weight is 333 g/mol. The fourth-order valence-electron chi connectivity index (χ4n) is 2.59. The van der Waals surface area contributed by atoms with Gasteiger partial charge in [-0.2, -0.15) is 0 Å². The summed E-state index contributed by atoms with van der Waals surface area (Å²) in [6, 6.07) is 14.6. The topological polar surface area (TPSA) is 24.5 Å². The number of benzene rings is 2. The van der Waals surface area contributed by atoms with E-state index in [4.69, 9.17) is 4.74 Å². The van der Waals surface area contributed by atoms with Crippen molar-refractivity contribution in [1.29, 1.82) is 0 Å². The molecular formula is C16H17BrN2O. The second kappa shape index (κ2) is 5.75. The summed E-state index contributed by atoms with van der Waals surface area (Å²) in [5, 5.41) is 3.44. The van der Waals surface area contributed by atoms with Crippen LogP contribution < -0.4 is 15.0 Å². The zero-order valence-corrected chi connectivity index (χ0v) is 13.0. The molecule has 20 heavy (non-hydrogen) atoms. The van der Waals surface area contributed by atoms with Crippen LogP contribution in [0.3, 0.4) is 0 Å². The maximum absolute atomic E-state index is 5.47. The number of hydrogen-bond donors (Lipinski definition) is 1. The molecule has 0 bridgehead atoms. The molecule has 1 aliphatic rings. The number of fused-ring (bicyclic) bond motifs is 1. The summed E-state index contributed by atoms with van der Waals surface area (Å²) in [7, 11) is 1.72. The van der Waals surface area contributed by atoms with Gasteiger partial charge in [-0.15, -0.1) is 0 Å². The summed E-state index contributed by atoms with van der Waals surface area (Å²) in [5.74, 6) is 0.934. The van der Waals surface area contributed by atoms with Gasteiger partial charge >= 0.3 is 0 Å². The molecule has 0 radical (unpaired) electrons. The summed E-state index contributed by atoms with van der Waals surface area (Å²) in [6.07, 6.45) is 0. The molecule has 0 unspecified atom stereocenters. The van der Waals surface area contributed by atoms with Crippen LogP contribution in [0.5, 0.6) is 5.75 Å². The van der Waals surface area contributed by atoms with Gasteiger partial charge in [0.1, 0.15) is 5.75 Å². The molecule has 2 aromatic carbocycles. The van der Waals surface area contributed by atoms with E-state index in [0.717, 1.165) is 29.9 Å². The van der Waals surface area contributed by atoms with Crippen molar-refractivity contribution in [1.82, 2.24) is 0 Å². The quantitative estimate of drug-likeness (QED) is 0.922. The molecule has 0 aliphatic carbocycles. The predicted molar refractivity (Wildman–Crippen MR) is 86.7 cm³/mol. The average Bonchev–Trinajstić information content (AvgIpc) is 2.48. The van der Waals surface area contributed by atoms with Crippen molar-refractivity contribution < 1.29 is 4.74 Å². The van der Waals surface area contributed by atoms with E-state index in [1.807, 2.05) is 12.1 Å². The van der Waals surface area contributed by atoms with Gasteiger partial charge in [0.25, 0.3) is 0 Å². The van der Waals surface area contributed by atoms with Crippen molar-refractivity contribution in [3.8, 4) is 5.75 Å². The minimum atomic E-state index is 0.849. The lowest BCUT2D eigenvalue weighted by Crippen LogP contribution is -2.33. The van der Waals surface area contributed by atoms with Gasteiger partial charge in [-0.1, -0.05) is 28.1 Å². The number of nitrogens with one attached hydrogen (secondary N) is 1. The molecule has 3 rings (SSSR count). The minimum absolute atomic E-state index is 0.849.